The molecule has 0 aromatic heterocycles. The first kappa shape index (κ1) is 19.3. The second kappa shape index (κ2) is 7.26. The maximum absolute atomic E-state index is 13.6. The topological polar surface area (TPSA) is 74.5 Å². The molecule has 144 valence electrons. The van der Waals surface area contributed by atoms with Crippen LogP contribution in [-0.2, 0) is 4.74 Å². The minimum Gasteiger partial charge on any atom is -0.478 e. The minimum atomic E-state index is -4.80. The van der Waals surface area contributed by atoms with E-state index in [2.05, 4.69) is 4.99 Å². The highest BCUT2D eigenvalue weighted by atomic mass is 32.2. The zero-order chi connectivity index (χ0) is 19.1. The number of aliphatic hydroxyl groups excluding tert-OH is 2. The largest absolute Gasteiger partial charge is 0.478 e. The van der Waals surface area contributed by atoms with Crippen LogP contribution in [-0.4, -0.2) is 76.4 Å². The Morgan fingerprint density at radius 1 is 1.19 bits per heavy atom. The molecular formula is C16H19F3N2O4S. The molecule has 0 saturated carbocycles. The summed E-state index contributed by atoms with van der Waals surface area (Å²) in [5, 5.41) is 21.1. The second-order valence-electron chi connectivity index (χ2n) is 6.26. The Bertz CT molecular complexity index is 659. The Labute approximate surface area is 152 Å². The van der Waals surface area contributed by atoms with Crippen molar-refractivity contribution in [2.75, 3.05) is 14.1 Å². The maximum atomic E-state index is 13.6. The lowest BCUT2D eigenvalue weighted by molar-refractivity contribution is -0.263. The van der Waals surface area contributed by atoms with Crippen LogP contribution in [0.3, 0.4) is 0 Å². The highest BCUT2D eigenvalue weighted by Crippen LogP contribution is 2.41. The van der Waals surface area contributed by atoms with Gasteiger partial charge in [0.25, 0.3) is 0 Å². The molecule has 0 aliphatic carbocycles. The van der Waals surface area contributed by atoms with E-state index in [9.17, 15) is 23.4 Å². The highest BCUT2D eigenvalue weighted by molar-refractivity contribution is 8.14. The highest BCUT2D eigenvalue weighted by Gasteiger charge is 2.57. The lowest BCUT2D eigenvalue weighted by Crippen LogP contribution is -2.62. The number of amidine groups is 1. The number of rotatable bonds is 3. The summed E-state index contributed by atoms with van der Waals surface area (Å²) in [6.45, 7) is 0. The molecular weight excluding hydrogens is 373 g/mol. The molecule has 0 radical (unpaired) electrons. The first-order valence-electron chi connectivity index (χ1n) is 7.90. The molecule has 0 bridgehead atoms. The van der Waals surface area contributed by atoms with Crippen molar-refractivity contribution >= 4 is 16.9 Å². The van der Waals surface area contributed by atoms with Gasteiger partial charge in [0.1, 0.15) is 35.5 Å². The van der Waals surface area contributed by atoms with Crippen LogP contribution in [0, 0.1) is 0 Å². The van der Waals surface area contributed by atoms with Crippen molar-refractivity contribution in [2.45, 2.75) is 42.1 Å². The summed E-state index contributed by atoms with van der Waals surface area (Å²) >= 11 is 1.11. The molecule has 1 fully saturated rings. The van der Waals surface area contributed by atoms with E-state index in [4.69, 9.17) is 9.47 Å². The van der Waals surface area contributed by atoms with Gasteiger partial charge in [-0.3, -0.25) is 4.99 Å². The zero-order valence-corrected chi connectivity index (χ0v) is 14.8. The molecule has 10 heteroatoms. The number of fused-ring (bicyclic) bond motifs is 1. The van der Waals surface area contributed by atoms with Gasteiger partial charge in [0.05, 0.1) is 0 Å². The number of alkyl halides is 3. The SMILES string of the molecule is CN(C)C1=N[C@@H]2[C@@H](O)[C@H](O)[C@@H]([C@@H](Oc3ccccc3)C(F)(F)F)O[C@@H]2S1. The van der Waals surface area contributed by atoms with E-state index < -0.39 is 42.1 Å². The second-order valence-corrected chi connectivity index (χ2v) is 7.32. The number of para-hydroxylation sites is 1. The molecule has 2 N–H and O–H groups in total. The van der Waals surface area contributed by atoms with Gasteiger partial charge in [0.2, 0.25) is 6.10 Å². The molecule has 1 saturated heterocycles. The minimum absolute atomic E-state index is 0.00783. The predicted molar refractivity (Wildman–Crippen MR) is 90.1 cm³/mol. The van der Waals surface area contributed by atoms with Gasteiger partial charge in [-0.25, -0.2) is 0 Å². The summed E-state index contributed by atoms with van der Waals surface area (Å²) in [5.41, 5.74) is -0.833. The van der Waals surface area contributed by atoms with Crippen LogP contribution in [0.1, 0.15) is 0 Å². The van der Waals surface area contributed by atoms with Crippen molar-refractivity contribution < 1.29 is 32.9 Å². The van der Waals surface area contributed by atoms with E-state index in [0.717, 1.165) is 11.8 Å². The summed E-state index contributed by atoms with van der Waals surface area (Å²) in [4.78, 5) is 5.90. The van der Waals surface area contributed by atoms with Gasteiger partial charge >= 0.3 is 6.18 Å². The number of thioether (sulfide) groups is 1. The summed E-state index contributed by atoms with van der Waals surface area (Å²) in [7, 11) is 3.45. The smallest absolute Gasteiger partial charge is 0.428 e. The van der Waals surface area contributed by atoms with Gasteiger partial charge in [-0.1, -0.05) is 30.0 Å². The van der Waals surface area contributed by atoms with Gasteiger partial charge in [-0.05, 0) is 12.1 Å². The van der Waals surface area contributed by atoms with E-state index in [1.807, 2.05) is 0 Å². The molecule has 0 unspecified atom stereocenters. The summed E-state index contributed by atoms with van der Waals surface area (Å²) in [5.74, 6) is -0.00783. The Morgan fingerprint density at radius 2 is 1.85 bits per heavy atom. The predicted octanol–water partition coefficient (Wildman–Crippen LogP) is 1.48. The summed E-state index contributed by atoms with van der Waals surface area (Å²) in [6.07, 6.45) is -12.3. The van der Waals surface area contributed by atoms with Crippen molar-refractivity contribution in [3.8, 4) is 5.75 Å². The zero-order valence-electron chi connectivity index (χ0n) is 14.0. The number of ether oxygens (including phenoxy) is 2. The molecule has 1 aromatic rings. The number of aliphatic imine (C=N–C) groups is 1. The molecule has 6 atom stereocenters. The van der Waals surface area contributed by atoms with Crippen LogP contribution in [0.2, 0.25) is 0 Å². The number of hydrogen-bond acceptors (Lipinski definition) is 7. The molecule has 26 heavy (non-hydrogen) atoms. The third kappa shape index (κ3) is 3.78. The Hall–Kier alpha value is -1.49. The summed E-state index contributed by atoms with van der Waals surface area (Å²) in [6, 6.07) is 6.64. The fraction of sp³-hybridized carbons (Fsp3) is 0.562. The van der Waals surface area contributed by atoms with Crippen molar-refractivity contribution in [3.05, 3.63) is 30.3 Å². The van der Waals surface area contributed by atoms with Crippen LogP contribution in [0.4, 0.5) is 13.2 Å². The number of aliphatic hydroxyl groups is 2. The molecule has 2 heterocycles. The van der Waals surface area contributed by atoms with Crippen LogP contribution in [0.25, 0.3) is 0 Å². The van der Waals surface area contributed by atoms with E-state index >= 15 is 0 Å². The average molecular weight is 392 g/mol. The third-order valence-corrected chi connectivity index (χ3v) is 5.40. The molecule has 2 aliphatic rings. The molecule has 2 aliphatic heterocycles. The van der Waals surface area contributed by atoms with Crippen molar-refractivity contribution in [1.82, 2.24) is 4.90 Å². The Kier molecular flexibility index (Phi) is 5.38. The van der Waals surface area contributed by atoms with E-state index in [-0.39, 0.29) is 5.75 Å². The lowest BCUT2D eigenvalue weighted by Gasteiger charge is -2.41. The first-order chi connectivity index (χ1) is 12.2. The summed E-state index contributed by atoms with van der Waals surface area (Å²) < 4.78 is 51.4. The standard InChI is InChI=1S/C16H19F3N2O4S/c1-21(2)15-20-9-10(22)11(23)12(25-14(9)26-15)13(16(17,18)19)24-8-6-4-3-5-7-8/h3-7,9-14,22-23H,1-2H3/t9-,10-,11+,12+,13-,14-/m1/s1. The molecule has 0 amide bonds. The van der Waals surface area contributed by atoms with E-state index in [1.54, 1.807) is 25.1 Å². The number of halogens is 3. The molecule has 1 aromatic carbocycles. The van der Waals surface area contributed by atoms with Crippen molar-refractivity contribution in [2.24, 2.45) is 4.99 Å². The lowest BCUT2D eigenvalue weighted by atomic mass is 9.94. The van der Waals surface area contributed by atoms with Gasteiger partial charge in [0.15, 0.2) is 5.17 Å². The van der Waals surface area contributed by atoms with Crippen molar-refractivity contribution in [1.29, 1.82) is 0 Å². The van der Waals surface area contributed by atoms with Crippen LogP contribution < -0.4 is 4.74 Å². The van der Waals surface area contributed by atoms with Crippen molar-refractivity contribution in [3.63, 3.8) is 0 Å². The quantitative estimate of drug-likeness (QED) is 0.812. The monoisotopic (exact) mass is 392 g/mol. The fourth-order valence-corrected chi connectivity index (χ4v) is 3.95. The fourth-order valence-electron chi connectivity index (χ4n) is 2.81. The number of nitrogens with zero attached hydrogens (tertiary/aromatic N) is 2. The Morgan fingerprint density at radius 3 is 2.42 bits per heavy atom. The van der Waals surface area contributed by atoms with Gasteiger partial charge in [-0.15, -0.1) is 0 Å². The number of hydrogen-bond donors (Lipinski definition) is 2. The van der Waals surface area contributed by atoms with Gasteiger partial charge in [-0.2, -0.15) is 13.2 Å². The third-order valence-electron chi connectivity index (χ3n) is 4.10. The average Bonchev–Trinajstić information content (AvgIpc) is 3.01. The Balaban J connectivity index is 1.84. The number of benzene rings is 1. The van der Waals surface area contributed by atoms with E-state index in [1.165, 1.54) is 24.3 Å². The first-order valence-corrected chi connectivity index (χ1v) is 8.78. The normalized spacial score (nSPS) is 32.6. The van der Waals surface area contributed by atoms with Crippen LogP contribution >= 0.6 is 11.8 Å². The molecule has 3 rings (SSSR count). The molecule has 0 spiro atoms. The molecule has 6 nitrogen and oxygen atoms in total. The van der Waals surface area contributed by atoms with Crippen LogP contribution in [0.15, 0.2) is 35.3 Å². The van der Waals surface area contributed by atoms with Gasteiger partial charge < -0.3 is 24.6 Å². The van der Waals surface area contributed by atoms with E-state index in [0.29, 0.717) is 5.17 Å². The van der Waals surface area contributed by atoms with Crippen LogP contribution in [0.5, 0.6) is 5.75 Å². The van der Waals surface area contributed by atoms with Gasteiger partial charge in [0, 0.05) is 14.1 Å². The maximum Gasteiger partial charge on any atom is 0.428 e.